The third kappa shape index (κ3) is 11.8. The molecule has 4 heterocycles. The van der Waals surface area contributed by atoms with Crippen molar-refractivity contribution in [2.45, 2.75) is 10.1 Å². The second-order valence-electron chi connectivity index (χ2n) is 15.2. The van der Waals surface area contributed by atoms with E-state index in [0.717, 1.165) is 51.4 Å². The molecule has 64 heavy (non-hydrogen) atoms. The summed E-state index contributed by atoms with van der Waals surface area (Å²) < 4.78 is 23.7. The largest absolute Gasteiger partial charge is 0.424 e. The Bertz CT molecular complexity index is 2270. The number of thioether (sulfide) groups is 2. The second kappa shape index (κ2) is 21.7. The van der Waals surface area contributed by atoms with Crippen LogP contribution in [0.2, 0.25) is 20.1 Å². The molecule has 4 aromatic rings. The number of rotatable bonds is 14. The molecule has 336 valence electrons. The summed E-state index contributed by atoms with van der Waals surface area (Å²) in [5.41, 5.74) is 5.28. The number of morpholine rings is 2. The van der Waals surface area contributed by atoms with Crippen molar-refractivity contribution >= 4 is 105 Å². The Morgan fingerprint density at radius 1 is 0.609 bits per heavy atom. The number of hydrogen-bond acceptors (Lipinski definition) is 14. The lowest BCUT2D eigenvalue weighted by Crippen LogP contribution is -2.44. The number of nitrogens with one attached hydrogen (secondary N) is 2. The van der Waals surface area contributed by atoms with E-state index in [1.807, 2.05) is 60.7 Å². The van der Waals surface area contributed by atoms with Crippen molar-refractivity contribution in [2.75, 3.05) is 101 Å². The van der Waals surface area contributed by atoms with E-state index in [-0.39, 0.29) is 13.1 Å². The van der Waals surface area contributed by atoms with E-state index in [4.69, 9.17) is 75.3 Å². The Morgan fingerprint density at radius 2 is 1.02 bits per heavy atom. The molecule has 0 saturated carbocycles. The van der Waals surface area contributed by atoms with Crippen LogP contribution >= 0.6 is 69.9 Å². The molecule has 2 N–H and O–H groups in total. The molecule has 12 nitrogen and oxygen atoms in total. The number of carbonyl (C=O) groups is 2. The first-order valence-corrected chi connectivity index (χ1v) is 24.3. The van der Waals surface area contributed by atoms with E-state index >= 15 is 0 Å². The quantitative estimate of drug-likeness (QED) is 0.0714. The van der Waals surface area contributed by atoms with Crippen molar-refractivity contribution in [1.82, 2.24) is 9.80 Å². The zero-order chi connectivity index (χ0) is 44.5. The highest BCUT2D eigenvalue weighted by molar-refractivity contribution is 8.00. The summed E-state index contributed by atoms with van der Waals surface area (Å²) in [7, 11) is 0. The number of hydrogen-bond donors (Lipinski definition) is 2. The first-order chi connectivity index (χ1) is 31.1. The Kier molecular flexibility index (Phi) is 15.8. The van der Waals surface area contributed by atoms with Crippen molar-refractivity contribution in [2.24, 2.45) is 9.98 Å². The molecule has 8 rings (SSSR count). The van der Waals surface area contributed by atoms with Gasteiger partial charge in [-0.25, -0.2) is 9.59 Å². The minimum atomic E-state index is -1.39. The highest BCUT2D eigenvalue weighted by atomic mass is 35.5. The number of nitrogens with zero attached hydrogens (tertiary/aromatic N) is 4. The molecular weight excluding hydrogens is 938 g/mol. The van der Waals surface area contributed by atoms with Crippen molar-refractivity contribution < 1.29 is 28.5 Å². The summed E-state index contributed by atoms with van der Waals surface area (Å²) in [5, 5.41) is 6.23. The van der Waals surface area contributed by atoms with Gasteiger partial charge in [0.05, 0.1) is 37.9 Å². The maximum atomic E-state index is 14.0. The maximum absolute atomic E-state index is 14.0. The fraction of sp³-hybridized carbons (Fsp3) is 0.348. The van der Waals surface area contributed by atoms with Gasteiger partial charge in [0.25, 0.3) is 10.1 Å². The Balaban J connectivity index is 1.06. The topological polar surface area (TPSA) is 126 Å². The van der Waals surface area contributed by atoms with E-state index in [1.54, 1.807) is 24.3 Å². The van der Waals surface area contributed by atoms with Crippen molar-refractivity contribution in [3.63, 3.8) is 0 Å². The van der Waals surface area contributed by atoms with Gasteiger partial charge in [0.1, 0.15) is 13.1 Å². The number of halogens is 4. The van der Waals surface area contributed by atoms with Crippen LogP contribution in [0.5, 0.6) is 0 Å². The molecule has 4 aromatic carbocycles. The van der Waals surface area contributed by atoms with Crippen LogP contribution in [-0.2, 0) is 28.5 Å². The molecule has 4 aliphatic heterocycles. The van der Waals surface area contributed by atoms with E-state index in [2.05, 4.69) is 20.4 Å². The molecule has 2 unspecified atom stereocenters. The van der Waals surface area contributed by atoms with Crippen LogP contribution in [0.4, 0.5) is 11.4 Å². The first kappa shape index (κ1) is 46.7. The Hall–Kier alpha value is -3.80. The maximum Gasteiger partial charge on any atom is 0.333 e. The van der Waals surface area contributed by atoms with Gasteiger partial charge in [-0.2, -0.15) is 0 Å². The summed E-state index contributed by atoms with van der Waals surface area (Å²) >= 11 is 29.3. The predicted molar refractivity (Wildman–Crippen MR) is 260 cm³/mol. The van der Waals surface area contributed by atoms with E-state index in [9.17, 15) is 9.59 Å². The predicted octanol–water partition coefficient (Wildman–Crippen LogP) is 8.61. The van der Waals surface area contributed by atoms with Gasteiger partial charge in [-0.15, -0.1) is 0 Å². The molecule has 2 atom stereocenters. The van der Waals surface area contributed by atoms with Gasteiger partial charge in [-0.05, 0) is 48.5 Å². The number of ether oxygens (including phenoxy) is 4. The minimum Gasteiger partial charge on any atom is -0.424 e. The van der Waals surface area contributed by atoms with Gasteiger partial charge >= 0.3 is 11.9 Å². The third-order valence-corrected chi connectivity index (χ3v) is 14.3. The Morgan fingerprint density at radius 3 is 1.42 bits per heavy atom. The number of benzodiazepines with no additional fused rings is 2. The first-order valence-electron chi connectivity index (χ1n) is 20.8. The average Bonchev–Trinajstić information content (AvgIpc) is 3.54. The number of esters is 2. The zero-order valence-electron chi connectivity index (χ0n) is 34.7. The van der Waals surface area contributed by atoms with Gasteiger partial charge in [0.15, 0.2) is 0 Å². The second-order valence-corrected chi connectivity index (χ2v) is 19.6. The lowest BCUT2D eigenvalue weighted by atomic mass is 10.0. The Labute approximate surface area is 401 Å². The lowest BCUT2D eigenvalue weighted by molar-refractivity contribution is -0.146. The molecular formula is C46H46Cl4N6O6S2. The fourth-order valence-electron chi connectivity index (χ4n) is 7.63. The van der Waals surface area contributed by atoms with E-state index in [1.165, 1.54) is 23.5 Å². The lowest BCUT2D eigenvalue weighted by Gasteiger charge is -2.34. The van der Waals surface area contributed by atoms with Crippen LogP contribution in [0.25, 0.3) is 0 Å². The van der Waals surface area contributed by atoms with Crippen LogP contribution in [0.1, 0.15) is 22.3 Å². The molecule has 2 fully saturated rings. The van der Waals surface area contributed by atoms with E-state index in [0.29, 0.717) is 103 Å². The zero-order valence-corrected chi connectivity index (χ0v) is 39.4. The SMILES string of the molecule is O=C(/C=C/C(=O)OC1(SCCN2CCOCC2)CN=C(c2ccccc2Cl)c2cc(Cl)ccc2N1)OC1(SCCN2CCOCC2)CN=C(c2ccccc2Cl)c2cc(Cl)ccc2N1. The van der Waals surface area contributed by atoms with Gasteiger partial charge in [-0.3, -0.25) is 19.8 Å². The normalized spacial score (nSPS) is 21.6. The minimum absolute atomic E-state index is 0.0136. The van der Waals surface area contributed by atoms with Crippen LogP contribution in [0.15, 0.2) is 107 Å². The van der Waals surface area contributed by atoms with Gasteiger partial charge < -0.3 is 29.6 Å². The van der Waals surface area contributed by atoms with Gasteiger partial charge in [0.2, 0.25) is 0 Å². The number of anilines is 2. The highest BCUT2D eigenvalue weighted by Crippen LogP contribution is 2.39. The summed E-state index contributed by atoms with van der Waals surface area (Å²) in [6.45, 7) is 7.30. The molecule has 2 saturated heterocycles. The molecule has 0 amide bonds. The average molecular weight is 985 g/mol. The molecule has 18 heteroatoms. The number of benzene rings is 4. The van der Waals surface area contributed by atoms with Gasteiger partial charge in [0, 0.05) is 117 Å². The van der Waals surface area contributed by atoms with Crippen molar-refractivity contribution in [3.05, 3.63) is 139 Å². The summed E-state index contributed by atoms with van der Waals surface area (Å²) in [6, 6.07) is 25.6. The molecule has 0 spiro atoms. The molecule has 0 aromatic heterocycles. The van der Waals surface area contributed by atoms with E-state index < -0.39 is 22.1 Å². The van der Waals surface area contributed by atoms with Gasteiger partial charge in [-0.1, -0.05) is 106 Å². The van der Waals surface area contributed by atoms with Crippen LogP contribution in [0, 0.1) is 0 Å². The summed E-state index contributed by atoms with van der Waals surface area (Å²) in [5.74, 6) is -0.384. The number of carbonyl (C=O) groups excluding carboxylic acids is 2. The third-order valence-electron chi connectivity index (χ3n) is 10.9. The van der Waals surface area contributed by atoms with Crippen molar-refractivity contribution in [1.29, 1.82) is 0 Å². The highest BCUT2D eigenvalue weighted by Gasteiger charge is 2.40. The monoisotopic (exact) mass is 982 g/mol. The van der Waals surface area contributed by atoms with Crippen molar-refractivity contribution in [3.8, 4) is 0 Å². The molecule has 0 aliphatic carbocycles. The summed E-state index contributed by atoms with van der Waals surface area (Å²) in [4.78, 5) is 42.7. The van der Waals surface area contributed by atoms with Crippen LogP contribution < -0.4 is 10.6 Å². The standard InChI is InChI=1S/C46H46Cl4N6O6S2/c47-31-9-11-39-35(27-31)43(33-5-1-3-7-37(33)49)51-29-45(53-39,63-25-19-55-15-21-59-22-16-55)61-41(57)13-14-42(58)62-46(64-26-20-56-17-23-60-24-18-56)30-52-44(34-6-2-4-8-38(34)50)36-28-32(48)10-12-40(36)54-46/h1-14,27-28,53-54H,15-26,29-30H2/b14-13+. The molecule has 4 aliphatic rings. The number of fused-ring (bicyclic) bond motifs is 2. The number of aliphatic imine (C=N–C) groups is 2. The van der Waals surface area contributed by atoms with Crippen LogP contribution in [-0.4, -0.2) is 134 Å². The summed E-state index contributed by atoms with van der Waals surface area (Å²) in [6.07, 6.45) is 2.16. The fourth-order valence-corrected chi connectivity index (χ4v) is 10.7. The molecule has 0 radical (unpaired) electrons. The smallest absolute Gasteiger partial charge is 0.333 e. The molecule has 0 bridgehead atoms. The van der Waals surface area contributed by atoms with Crippen LogP contribution in [0.3, 0.4) is 0 Å².